The Kier molecular flexibility index (Phi) is 9.97. The third kappa shape index (κ3) is 11.4. The second kappa shape index (κ2) is 10.9. The number of esters is 1. The van der Waals surface area contributed by atoms with E-state index in [0.29, 0.717) is 6.29 Å². The molecule has 1 atom stereocenters. The van der Waals surface area contributed by atoms with Crippen molar-refractivity contribution in [1.82, 2.24) is 9.80 Å². The van der Waals surface area contributed by atoms with Gasteiger partial charge in [0.25, 0.3) is 0 Å². The second-order valence-electron chi connectivity index (χ2n) is 8.47. The number of carbonyl (C=O) groups excluding carboxylic acids is 4. The summed E-state index contributed by atoms with van der Waals surface area (Å²) in [5.74, 6) is -0.707. The first-order valence-corrected chi connectivity index (χ1v) is 9.18. The van der Waals surface area contributed by atoms with Gasteiger partial charge in [0.2, 0.25) is 6.10 Å². The smallest absolute Gasteiger partial charge is 0.410 e. The van der Waals surface area contributed by atoms with Gasteiger partial charge in [0.05, 0.1) is 0 Å². The molecule has 0 unspecified atom stereocenters. The quantitative estimate of drug-likeness (QED) is 0.349. The van der Waals surface area contributed by atoms with E-state index in [4.69, 9.17) is 14.2 Å². The van der Waals surface area contributed by atoms with Crippen LogP contribution >= 0.6 is 0 Å². The van der Waals surface area contributed by atoms with Crippen LogP contribution < -0.4 is 0 Å². The molecule has 9 nitrogen and oxygen atoms in total. The summed E-state index contributed by atoms with van der Waals surface area (Å²) in [6.45, 7) is 10.8. The highest BCUT2D eigenvalue weighted by molar-refractivity contribution is 5.79. The van der Waals surface area contributed by atoms with Gasteiger partial charge in [-0.1, -0.05) is 0 Å². The molecular weight excluding hydrogens is 368 g/mol. The molecule has 28 heavy (non-hydrogen) atoms. The molecule has 162 valence electrons. The molecule has 0 aliphatic rings. The maximum atomic E-state index is 12.3. The molecule has 0 N–H and O–H groups in total. The number of rotatable bonds is 8. The molecular formula is C19H34N2O7. The van der Waals surface area contributed by atoms with E-state index in [1.165, 1.54) is 16.8 Å². The Morgan fingerprint density at radius 3 is 1.75 bits per heavy atom. The molecule has 0 saturated carbocycles. The Morgan fingerprint density at radius 1 is 0.857 bits per heavy atom. The lowest BCUT2D eigenvalue weighted by molar-refractivity contribution is -0.165. The van der Waals surface area contributed by atoms with Crippen molar-refractivity contribution in [2.75, 3.05) is 27.2 Å². The molecule has 0 aromatic carbocycles. The molecule has 0 spiro atoms. The van der Waals surface area contributed by atoms with E-state index in [0.717, 1.165) is 0 Å². The SMILES string of the molecule is CN(CCN(C)C(=O)OC(C)(C)C)C(=O)O[C@@H](CCC=O)C(=O)OC(C)(C)C. The minimum Gasteiger partial charge on any atom is -0.457 e. The maximum Gasteiger partial charge on any atom is 0.410 e. The fourth-order valence-electron chi connectivity index (χ4n) is 1.85. The molecule has 0 fully saturated rings. The monoisotopic (exact) mass is 402 g/mol. The van der Waals surface area contributed by atoms with Gasteiger partial charge in [-0.25, -0.2) is 14.4 Å². The molecule has 0 bridgehead atoms. The van der Waals surface area contributed by atoms with Crippen molar-refractivity contribution in [3.63, 3.8) is 0 Å². The summed E-state index contributed by atoms with van der Waals surface area (Å²) in [5, 5.41) is 0. The van der Waals surface area contributed by atoms with Gasteiger partial charge in [0.15, 0.2) is 0 Å². The normalized spacial score (nSPS) is 12.6. The summed E-state index contributed by atoms with van der Waals surface area (Å²) < 4.78 is 15.7. The minimum absolute atomic E-state index is 0.0375. The van der Waals surface area contributed by atoms with E-state index < -0.39 is 35.5 Å². The van der Waals surface area contributed by atoms with Crippen LogP contribution in [0.3, 0.4) is 0 Å². The second-order valence-corrected chi connectivity index (χ2v) is 8.47. The summed E-state index contributed by atoms with van der Waals surface area (Å²) in [4.78, 5) is 49.6. The zero-order valence-corrected chi connectivity index (χ0v) is 18.2. The van der Waals surface area contributed by atoms with Crippen LogP contribution in [0.1, 0.15) is 54.4 Å². The van der Waals surface area contributed by atoms with Crippen molar-refractivity contribution in [2.24, 2.45) is 0 Å². The van der Waals surface area contributed by atoms with Crippen molar-refractivity contribution in [3.05, 3.63) is 0 Å². The van der Waals surface area contributed by atoms with E-state index in [1.54, 1.807) is 48.6 Å². The number of nitrogens with zero attached hydrogens (tertiary/aromatic N) is 2. The Bertz CT molecular complexity index is 549. The van der Waals surface area contributed by atoms with Crippen molar-refractivity contribution >= 4 is 24.4 Å². The van der Waals surface area contributed by atoms with E-state index in [9.17, 15) is 19.2 Å². The molecule has 0 saturated heterocycles. The summed E-state index contributed by atoms with van der Waals surface area (Å²) in [5.41, 5.74) is -1.36. The van der Waals surface area contributed by atoms with Crippen LogP contribution in [0.25, 0.3) is 0 Å². The number of aldehydes is 1. The first-order chi connectivity index (χ1) is 12.7. The standard InChI is InChI=1S/C19H34N2O7/c1-18(2,3)27-15(23)14(10-9-13-22)26-16(24)20(7)11-12-21(8)17(25)28-19(4,5)6/h13-14H,9-12H2,1-8H3/t14-/m0/s1. The van der Waals surface area contributed by atoms with Crippen LogP contribution in [0.2, 0.25) is 0 Å². The maximum absolute atomic E-state index is 12.3. The van der Waals surface area contributed by atoms with Gasteiger partial charge < -0.3 is 28.8 Å². The summed E-state index contributed by atoms with van der Waals surface area (Å²) in [6.07, 6.45) is -1.70. The van der Waals surface area contributed by atoms with Crippen LogP contribution in [-0.2, 0) is 23.8 Å². The molecule has 9 heteroatoms. The third-order valence-electron chi connectivity index (χ3n) is 3.25. The molecule has 0 rings (SSSR count). The molecule has 2 amide bonds. The van der Waals surface area contributed by atoms with Gasteiger partial charge in [-0.15, -0.1) is 0 Å². The predicted molar refractivity (Wildman–Crippen MR) is 103 cm³/mol. The first-order valence-electron chi connectivity index (χ1n) is 9.18. The van der Waals surface area contributed by atoms with Gasteiger partial charge in [0.1, 0.15) is 17.5 Å². The highest BCUT2D eigenvalue weighted by Crippen LogP contribution is 2.14. The molecule has 0 aromatic heterocycles. The highest BCUT2D eigenvalue weighted by Gasteiger charge is 2.29. The number of ether oxygens (including phenoxy) is 3. The lowest BCUT2D eigenvalue weighted by Crippen LogP contribution is -2.42. The Labute approximate surface area is 167 Å². The van der Waals surface area contributed by atoms with Crippen LogP contribution in [-0.4, -0.2) is 78.7 Å². The summed E-state index contributed by atoms with van der Waals surface area (Å²) in [7, 11) is 3.04. The van der Waals surface area contributed by atoms with E-state index >= 15 is 0 Å². The summed E-state index contributed by atoms with van der Waals surface area (Å²) in [6, 6.07) is 0. The topological polar surface area (TPSA) is 102 Å². The fraction of sp³-hybridized carbons (Fsp3) is 0.789. The molecule has 0 heterocycles. The number of hydrogen-bond acceptors (Lipinski definition) is 7. The summed E-state index contributed by atoms with van der Waals surface area (Å²) >= 11 is 0. The minimum atomic E-state index is -1.18. The van der Waals surface area contributed by atoms with E-state index in [1.807, 2.05) is 0 Å². The van der Waals surface area contributed by atoms with Gasteiger partial charge in [-0.2, -0.15) is 0 Å². The Morgan fingerprint density at radius 2 is 1.32 bits per heavy atom. The van der Waals surface area contributed by atoms with Crippen LogP contribution in [0.15, 0.2) is 0 Å². The molecule has 0 aromatic rings. The average molecular weight is 402 g/mol. The van der Waals surface area contributed by atoms with Crippen LogP contribution in [0.4, 0.5) is 9.59 Å². The number of carbonyl (C=O) groups is 4. The average Bonchev–Trinajstić information content (AvgIpc) is 2.52. The third-order valence-corrected chi connectivity index (χ3v) is 3.25. The van der Waals surface area contributed by atoms with Gasteiger partial charge >= 0.3 is 18.2 Å². The van der Waals surface area contributed by atoms with Crippen LogP contribution in [0, 0.1) is 0 Å². The van der Waals surface area contributed by atoms with Crippen molar-refractivity contribution < 1.29 is 33.4 Å². The number of likely N-dealkylation sites (N-methyl/N-ethyl adjacent to an activating group) is 2. The fourth-order valence-corrected chi connectivity index (χ4v) is 1.85. The Balaban J connectivity index is 4.73. The van der Waals surface area contributed by atoms with Gasteiger partial charge in [0, 0.05) is 40.0 Å². The molecule has 0 radical (unpaired) electrons. The van der Waals surface area contributed by atoms with Crippen molar-refractivity contribution in [1.29, 1.82) is 0 Å². The van der Waals surface area contributed by atoms with Crippen molar-refractivity contribution in [3.8, 4) is 0 Å². The molecule has 0 aliphatic heterocycles. The lowest BCUT2D eigenvalue weighted by Gasteiger charge is -2.27. The van der Waals surface area contributed by atoms with Gasteiger partial charge in [-0.05, 0) is 41.5 Å². The van der Waals surface area contributed by atoms with Gasteiger partial charge in [-0.3, -0.25) is 0 Å². The Hall–Kier alpha value is -2.32. The first kappa shape index (κ1) is 25.7. The van der Waals surface area contributed by atoms with Crippen molar-refractivity contribution in [2.45, 2.75) is 71.7 Å². The van der Waals surface area contributed by atoms with E-state index in [2.05, 4.69) is 0 Å². The largest absolute Gasteiger partial charge is 0.457 e. The zero-order valence-electron chi connectivity index (χ0n) is 18.2. The zero-order chi connectivity index (χ0) is 22.1. The number of amides is 2. The van der Waals surface area contributed by atoms with E-state index in [-0.39, 0.29) is 25.9 Å². The lowest BCUT2D eigenvalue weighted by atomic mass is 10.1. The van der Waals surface area contributed by atoms with Crippen LogP contribution in [0.5, 0.6) is 0 Å². The number of hydrogen-bond donors (Lipinski definition) is 0. The molecule has 0 aliphatic carbocycles. The highest BCUT2D eigenvalue weighted by atomic mass is 16.6. The predicted octanol–water partition coefficient (Wildman–Crippen LogP) is 2.61.